The fraction of sp³-hybridized carbons (Fsp3) is 0.386. The summed E-state index contributed by atoms with van der Waals surface area (Å²) in [5.41, 5.74) is 6.25. The standard InChI is InChI=1S/C70H84FNO10SSi2/c1-49-65(76-45-50-24-16-12-17-25-50)67(78-47-52-28-20-14-21-29-52)66(77-46-51-26-18-13-19-27-51)63(79-49)48-83(74,75)80-62-44-55(53-34-39-58(40-35-53)81-84(8,9)69(2,3)4)36-41-59(62)64-60(68(73)72(64)57-30-22-15-23-31-57)42-43-61(54-32-37-56(71)38-33-54)82-85(10,11)70(5,6)7/h12-41,44,49,60-61,63-67H,42-43,45-48H2,1-11H3/t49?,60-,61-,63+,64-,65+,66?,67+/m1/s1. The van der Waals surface area contributed by atoms with Gasteiger partial charge in [0.1, 0.15) is 47.5 Å². The third-order valence-corrected chi connectivity index (χ3v) is 27.5. The van der Waals surface area contributed by atoms with Crippen LogP contribution in [0.3, 0.4) is 0 Å². The summed E-state index contributed by atoms with van der Waals surface area (Å²) in [4.78, 5) is 16.6. The van der Waals surface area contributed by atoms with Crippen molar-refractivity contribution in [1.82, 2.24) is 0 Å². The van der Waals surface area contributed by atoms with Gasteiger partial charge >= 0.3 is 10.1 Å². The average Bonchev–Trinajstić information content (AvgIpc) is 0.949. The molecule has 0 aliphatic carbocycles. The molecule has 2 aliphatic rings. The minimum atomic E-state index is -4.60. The molecule has 2 heterocycles. The third-order valence-electron chi connectivity index (χ3n) is 17.5. The van der Waals surface area contributed by atoms with E-state index in [0.717, 1.165) is 33.6 Å². The Labute approximate surface area is 506 Å². The molecule has 15 heteroatoms. The van der Waals surface area contributed by atoms with E-state index in [-0.39, 0.29) is 47.4 Å². The van der Waals surface area contributed by atoms with E-state index in [0.29, 0.717) is 29.7 Å². The van der Waals surface area contributed by atoms with Crippen LogP contribution in [0.25, 0.3) is 11.1 Å². The molecule has 2 aliphatic heterocycles. The van der Waals surface area contributed by atoms with Gasteiger partial charge in [0, 0.05) is 11.3 Å². The molecule has 2 fully saturated rings. The lowest BCUT2D eigenvalue weighted by molar-refractivity contribution is -0.256. The molecule has 0 aromatic heterocycles. The van der Waals surface area contributed by atoms with Crippen molar-refractivity contribution in [3.05, 3.63) is 222 Å². The summed E-state index contributed by atoms with van der Waals surface area (Å²) in [6.45, 7) is 24.4. The summed E-state index contributed by atoms with van der Waals surface area (Å²) in [5, 5.41) is -0.152. The predicted molar refractivity (Wildman–Crippen MR) is 340 cm³/mol. The lowest BCUT2D eigenvalue weighted by Crippen LogP contribution is -2.61. The highest BCUT2D eigenvalue weighted by Gasteiger charge is 2.52. The van der Waals surface area contributed by atoms with E-state index >= 15 is 8.42 Å². The fourth-order valence-corrected chi connectivity index (χ4v) is 14.1. The lowest BCUT2D eigenvalue weighted by Gasteiger charge is -2.48. The number of anilines is 1. The fourth-order valence-electron chi connectivity index (χ4n) is 10.6. The molecule has 450 valence electrons. The van der Waals surface area contributed by atoms with Crippen LogP contribution in [-0.2, 0) is 58.1 Å². The van der Waals surface area contributed by atoms with Crippen molar-refractivity contribution in [2.45, 2.75) is 160 Å². The van der Waals surface area contributed by atoms with Crippen LogP contribution in [0.15, 0.2) is 188 Å². The average molecular weight is 1210 g/mol. The van der Waals surface area contributed by atoms with Gasteiger partial charge in [-0.1, -0.05) is 187 Å². The summed E-state index contributed by atoms with van der Waals surface area (Å²) in [5.74, 6) is -0.886. The molecule has 11 nitrogen and oxygen atoms in total. The molecule has 0 radical (unpaired) electrons. The second-order valence-corrected chi connectivity index (χ2v) is 36.8. The minimum Gasteiger partial charge on any atom is -0.544 e. The molecule has 7 aromatic rings. The maximum atomic E-state index is 15.4. The first-order valence-electron chi connectivity index (χ1n) is 29.7. The topological polar surface area (TPSA) is 119 Å². The maximum Gasteiger partial charge on any atom is 0.311 e. The number of carbonyl (C=O) groups is 1. The number of halogens is 1. The van der Waals surface area contributed by atoms with E-state index in [2.05, 4.69) is 67.7 Å². The quantitative estimate of drug-likeness (QED) is 0.0329. The van der Waals surface area contributed by atoms with Crippen LogP contribution in [0, 0.1) is 11.7 Å². The summed E-state index contributed by atoms with van der Waals surface area (Å²) < 4.78 is 92.8. The molecule has 2 unspecified atom stereocenters. The molecule has 0 spiro atoms. The Morgan fingerprint density at radius 1 is 0.600 bits per heavy atom. The molecule has 8 atom stereocenters. The van der Waals surface area contributed by atoms with Gasteiger partial charge in [0.15, 0.2) is 8.32 Å². The van der Waals surface area contributed by atoms with Crippen LogP contribution in [-0.4, -0.2) is 67.2 Å². The molecule has 7 aromatic carbocycles. The van der Waals surface area contributed by atoms with Gasteiger partial charge in [0.05, 0.1) is 44.0 Å². The van der Waals surface area contributed by atoms with E-state index in [4.69, 9.17) is 32.0 Å². The summed E-state index contributed by atoms with van der Waals surface area (Å²) in [6, 6.07) is 57.9. The monoisotopic (exact) mass is 1210 g/mol. The van der Waals surface area contributed by atoms with Crippen molar-refractivity contribution in [1.29, 1.82) is 0 Å². The number of rotatable bonds is 24. The van der Waals surface area contributed by atoms with E-state index in [1.807, 2.05) is 165 Å². The predicted octanol–water partition coefficient (Wildman–Crippen LogP) is 16.4. The number of para-hydroxylation sites is 1. The Balaban J connectivity index is 1.10. The van der Waals surface area contributed by atoms with Gasteiger partial charge in [-0.05, 0) is 132 Å². The van der Waals surface area contributed by atoms with Crippen molar-refractivity contribution in [2.75, 3.05) is 10.7 Å². The zero-order valence-electron chi connectivity index (χ0n) is 51.1. The second kappa shape index (κ2) is 26.8. The van der Waals surface area contributed by atoms with Crippen LogP contribution in [0.1, 0.15) is 101 Å². The Morgan fingerprint density at radius 2 is 1.09 bits per heavy atom. The maximum absolute atomic E-state index is 15.4. The van der Waals surface area contributed by atoms with Gasteiger partial charge in [-0.2, -0.15) is 8.42 Å². The highest BCUT2D eigenvalue weighted by molar-refractivity contribution is 7.87. The zero-order chi connectivity index (χ0) is 60.7. The number of hydrogen-bond acceptors (Lipinski definition) is 10. The van der Waals surface area contributed by atoms with Crippen LogP contribution in [0.5, 0.6) is 11.5 Å². The first kappa shape index (κ1) is 63.2. The molecule has 2 saturated heterocycles. The molecule has 0 N–H and O–H groups in total. The van der Waals surface area contributed by atoms with Crippen molar-refractivity contribution in [3.8, 4) is 22.6 Å². The van der Waals surface area contributed by atoms with Crippen LogP contribution in [0.4, 0.5) is 10.1 Å². The second-order valence-electron chi connectivity index (χ2n) is 25.7. The number of amides is 1. The number of benzene rings is 7. The lowest BCUT2D eigenvalue weighted by atomic mass is 9.77. The first-order chi connectivity index (χ1) is 40.4. The number of nitrogens with zero attached hydrogens (tertiary/aromatic N) is 1. The smallest absolute Gasteiger partial charge is 0.311 e. The van der Waals surface area contributed by atoms with Gasteiger partial charge < -0.3 is 36.9 Å². The van der Waals surface area contributed by atoms with Gasteiger partial charge in [-0.15, -0.1) is 0 Å². The van der Waals surface area contributed by atoms with Crippen molar-refractivity contribution in [3.63, 3.8) is 0 Å². The summed E-state index contributed by atoms with van der Waals surface area (Å²) in [7, 11) is -9.17. The number of hydrogen-bond donors (Lipinski definition) is 0. The zero-order valence-corrected chi connectivity index (χ0v) is 53.9. The van der Waals surface area contributed by atoms with E-state index in [1.165, 1.54) is 12.1 Å². The van der Waals surface area contributed by atoms with Gasteiger partial charge in [-0.25, -0.2) is 4.39 Å². The summed E-state index contributed by atoms with van der Waals surface area (Å²) in [6.07, 6.45) is -3.79. The van der Waals surface area contributed by atoms with Crippen molar-refractivity contribution < 1.29 is 49.6 Å². The Morgan fingerprint density at radius 3 is 1.62 bits per heavy atom. The van der Waals surface area contributed by atoms with E-state index in [1.54, 1.807) is 23.1 Å². The molecule has 85 heavy (non-hydrogen) atoms. The highest BCUT2D eigenvalue weighted by Crippen LogP contribution is 2.51. The van der Waals surface area contributed by atoms with Crippen molar-refractivity contribution >= 4 is 38.3 Å². The van der Waals surface area contributed by atoms with Gasteiger partial charge in [0.25, 0.3) is 0 Å². The molecule has 1 amide bonds. The largest absolute Gasteiger partial charge is 0.544 e. The van der Waals surface area contributed by atoms with Crippen LogP contribution < -0.4 is 13.5 Å². The summed E-state index contributed by atoms with van der Waals surface area (Å²) >= 11 is 0. The van der Waals surface area contributed by atoms with Gasteiger partial charge in [-0.3, -0.25) is 4.79 Å². The molecule has 0 bridgehead atoms. The number of ether oxygens (including phenoxy) is 4. The third kappa shape index (κ3) is 15.7. The minimum absolute atomic E-state index is 0.0179. The van der Waals surface area contributed by atoms with Gasteiger partial charge in [0.2, 0.25) is 14.2 Å². The Bertz CT molecular complexity index is 3400. The normalized spacial score (nSPS) is 20.8. The Kier molecular flexibility index (Phi) is 19.9. The first-order valence-corrected chi connectivity index (χ1v) is 37.0. The molecule has 0 saturated carbocycles. The van der Waals surface area contributed by atoms with E-state index in [9.17, 15) is 9.18 Å². The number of carbonyl (C=O) groups excluding carboxylic acids is 1. The van der Waals surface area contributed by atoms with E-state index < -0.39 is 81.1 Å². The van der Waals surface area contributed by atoms with Crippen LogP contribution in [0.2, 0.25) is 36.3 Å². The van der Waals surface area contributed by atoms with Crippen molar-refractivity contribution in [2.24, 2.45) is 5.92 Å². The SMILES string of the molecule is CC1O[C@@H](CS(=O)(=O)Oc2cc(-c3ccc(O[Si](C)(C)C(C)(C)C)cc3)ccc2[C@@H]2[C@@H](CC[C@@H](O[Si](C)(C)C(C)(C)C)c3ccc(F)cc3)C(=O)N2c2ccccc2)C(OCc2ccccc2)[C@@H](OCc2ccccc2)[C@H]1OCc1ccccc1. The Hall–Kier alpha value is -6.28. The van der Waals surface area contributed by atoms with Crippen LogP contribution >= 0.6 is 0 Å². The molecular formula is C70H84FNO10SSi2. The molecule has 9 rings (SSSR count). The number of β-lactam (4-membered cyclic amide) rings is 1. The highest BCUT2D eigenvalue weighted by atomic mass is 32.2. The molecular weight excluding hydrogens is 1120 g/mol.